The summed E-state index contributed by atoms with van der Waals surface area (Å²) in [5.74, 6) is 1.12. The van der Waals surface area contributed by atoms with Crippen LogP contribution in [-0.2, 0) is 13.0 Å². The Morgan fingerprint density at radius 3 is 2.89 bits per heavy atom. The number of hydrogen-bond acceptors (Lipinski definition) is 4. The molecule has 0 atom stereocenters. The zero-order valence-electron chi connectivity index (χ0n) is 10.2. The van der Waals surface area contributed by atoms with Crippen LogP contribution in [0.3, 0.4) is 0 Å². The minimum Gasteiger partial charge on any atom is -0.398 e. The van der Waals surface area contributed by atoms with Gasteiger partial charge in [0.2, 0.25) is 0 Å². The number of anilines is 1. The van der Waals surface area contributed by atoms with Crippen molar-refractivity contribution in [2.45, 2.75) is 42.3 Å². The molecule has 3 rings (SSSR count). The van der Waals surface area contributed by atoms with Gasteiger partial charge in [-0.15, -0.1) is 10.2 Å². The fraction of sp³-hybridized carbons (Fsp3) is 0.385. The van der Waals surface area contributed by atoms with Crippen molar-refractivity contribution < 1.29 is 0 Å². The Morgan fingerprint density at radius 1 is 1.11 bits per heavy atom. The molecular weight excluding hydrogens is 244 g/mol. The summed E-state index contributed by atoms with van der Waals surface area (Å²) in [7, 11) is 0. The standard InChI is InChI=1S/C13H16N4S/c14-10-6-3-4-7-11(10)18-13-16-15-12-8-2-1-5-9-17(12)13/h3-4,6-7H,1-2,5,8-9,14H2. The Hall–Kier alpha value is -1.49. The summed E-state index contributed by atoms with van der Waals surface area (Å²) < 4.78 is 2.24. The van der Waals surface area contributed by atoms with Crippen LogP contribution in [0.15, 0.2) is 34.3 Å². The minimum absolute atomic E-state index is 0.800. The van der Waals surface area contributed by atoms with Crippen molar-refractivity contribution in [3.05, 3.63) is 30.1 Å². The van der Waals surface area contributed by atoms with Crippen molar-refractivity contribution in [2.24, 2.45) is 0 Å². The van der Waals surface area contributed by atoms with Gasteiger partial charge >= 0.3 is 0 Å². The molecule has 1 aliphatic rings. The summed E-state index contributed by atoms with van der Waals surface area (Å²) in [6.45, 7) is 1.03. The van der Waals surface area contributed by atoms with Crippen molar-refractivity contribution in [2.75, 3.05) is 5.73 Å². The summed E-state index contributed by atoms with van der Waals surface area (Å²) in [4.78, 5) is 1.05. The molecule has 4 nitrogen and oxygen atoms in total. The minimum atomic E-state index is 0.800. The zero-order valence-corrected chi connectivity index (χ0v) is 11.0. The highest BCUT2D eigenvalue weighted by molar-refractivity contribution is 7.99. The number of fused-ring (bicyclic) bond motifs is 1. The van der Waals surface area contributed by atoms with Crippen LogP contribution < -0.4 is 5.73 Å². The van der Waals surface area contributed by atoms with Crippen LogP contribution in [-0.4, -0.2) is 14.8 Å². The smallest absolute Gasteiger partial charge is 0.196 e. The first-order valence-corrected chi connectivity index (χ1v) is 7.10. The monoisotopic (exact) mass is 260 g/mol. The summed E-state index contributed by atoms with van der Waals surface area (Å²) >= 11 is 1.61. The van der Waals surface area contributed by atoms with Crippen LogP contribution in [0.1, 0.15) is 25.1 Å². The zero-order chi connectivity index (χ0) is 12.4. The van der Waals surface area contributed by atoms with Crippen LogP contribution in [0.25, 0.3) is 0 Å². The molecule has 94 valence electrons. The maximum atomic E-state index is 5.97. The molecule has 2 heterocycles. The number of rotatable bonds is 2. The van der Waals surface area contributed by atoms with Gasteiger partial charge in [-0.2, -0.15) is 0 Å². The molecule has 0 bridgehead atoms. The number of nitrogens with zero attached hydrogens (tertiary/aromatic N) is 3. The molecule has 0 saturated heterocycles. The topological polar surface area (TPSA) is 56.7 Å². The van der Waals surface area contributed by atoms with E-state index >= 15 is 0 Å². The Labute approximate surface area is 111 Å². The number of hydrogen-bond donors (Lipinski definition) is 1. The molecule has 0 unspecified atom stereocenters. The van der Waals surface area contributed by atoms with E-state index in [1.165, 1.54) is 19.3 Å². The van der Waals surface area contributed by atoms with Gasteiger partial charge in [0.1, 0.15) is 5.82 Å². The summed E-state index contributed by atoms with van der Waals surface area (Å²) in [6, 6.07) is 7.89. The molecule has 1 aliphatic heterocycles. The van der Waals surface area contributed by atoms with Gasteiger partial charge in [-0.05, 0) is 36.7 Å². The molecule has 0 saturated carbocycles. The van der Waals surface area contributed by atoms with Crippen LogP contribution in [0.4, 0.5) is 5.69 Å². The average molecular weight is 260 g/mol. The van der Waals surface area contributed by atoms with Gasteiger partial charge in [0, 0.05) is 23.5 Å². The number of nitrogens with two attached hydrogens (primary N) is 1. The fourth-order valence-electron chi connectivity index (χ4n) is 2.21. The van der Waals surface area contributed by atoms with Gasteiger partial charge in [-0.25, -0.2) is 0 Å². The molecule has 0 spiro atoms. The average Bonchev–Trinajstić information content (AvgIpc) is 2.62. The third-order valence-electron chi connectivity index (χ3n) is 3.20. The van der Waals surface area contributed by atoms with Gasteiger partial charge in [0.05, 0.1) is 0 Å². The molecule has 2 aromatic rings. The number of nitrogen functional groups attached to an aromatic ring is 1. The number of aryl methyl sites for hydroxylation is 1. The lowest BCUT2D eigenvalue weighted by Gasteiger charge is -2.07. The Morgan fingerprint density at radius 2 is 2.00 bits per heavy atom. The predicted octanol–water partition coefficient (Wildman–Crippen LogP) is 2.74. The van der Waals surface area contributed by atoms with E-state index in [-0.39, 0.29) is 0 Å². The highest BCUT2D eigenvalue weighted by Gasteiger charge is 2.15. The van der Waals surface area contributed by atoms with Crippen LogP contribution in [0, 0.1) is 0 Å². The third-order valence-corrected chi connectivity index (χ3v) is 4.27. The molecule has 0 amide bonds. The molecule has 0 radical (unpaired) electrons. The van der Waals surface area contributed by atoms with E-state index in [1.807, 2.05) is 24.3 Å². The second kappa shape index (κ2) is 5.02. The maximum absolute atomic E-state index is 5.97. The third kappa shape index (κ3) is 2.22. The van der Waals surface area contributed by atoms with E-state index in [2.05, 4.69) is 14.8 Å². The largest absolute Gasteiger partial charge is 0.398 e. The molecular formula is C13H16N4S. The summed E-state index contributed by atoms with van der Waals surface area (Å²) in [5, 5.41) is 9.55. The first-order chi connectivity index (χ1) is 8.84. The van der Waals surface area contributed by atoms with Gasteiger partial charge in [0.25, 0.3) is 0 Å². The molecule has 1 aromatic carbocycles. The maximum Gasteiger partial charge on any atom is 0.196 e. The van der Waals surface area contributed by atoms with Gasteiger partial charge in [-0.3, -0.25) is 0 Å². The Balaban J connectivity index is 1.89. The van der Waals surface area contributed by atoms with Crippen molar-refractivity contribution in [1.82, 2.24) is 14.8 Å². The van der Waals surface area contributed by atoms with Crippen LogP contribution in [0.5, 0.6) is 0 Å². The first kappa shape index (κ1) is 11.6. The van der Waals surface area contributed by atoms with Gasteiger partial charge < -0.3 is 10.3 Å². The number of benzene rings is 1. The Bertz CT molecular complexity index is 550. The van der Waals surface area contributed by atoms with Crippen LogP contribution in [0.2, 0.25) is 0 Å². The molecule has 0 aliphatic carbocycles. The fourth-order valence-corrected chi connectivity index (χ4v) is 3.12. The van der Waals surface area contributed by atoms with Crippen molar-refractivity contribution >= 4 is 17.4 Å². The highest BCUT2D eigenvalue weighted by atomic mass is 32.2. The molecule has 0 fully saturated rings. The molecule has 1 aromatic heterocycles. The van der Waals surface area contributed by atoms with E-state index in [0.29, 0.717) is 0 Å². The van der Waals surface area contributed by atoms with Crippen molar-refractivity contribution in [1.29, 1.82) is 0 Å². The number of aromatic nitrogens is 3. The highest BCUT2D eigenvalue weighted by Crippen LogP contribution is 2.31. The first-order valence-electron chi connectivity index (χ1n) is 6.29. The van der Waals surface area contributed by atoms with E-state index in [0.717, 1.165) is 34.5 Å². The van der Waals surface area contributed by atoms with E-state index < -0.39 is 0 Å². The molecule has 5 heteroatoms. The van der Waals surface area contributed by atoms with Gasteiger partial charge in [0.15, 0.2) is 5.16 Å². The van der Waals surface area contributed by atoms with E-state index in [4.69, 9.17) is 5.73 Å². The summed E-state index contributed by atoms with van der Waals surface area (Å²) in [6.07, 6.45) is 4.75. The van der Waals surface area contributed by atoms with Crippen LogP contribution >= 0.6 is 11.8 Å². The normalized spacial score (nSPS) is 15.1. The van der Waals surface area contributed by atoms with E-state index in [1.54, 1.807) is 11.8 Å². The van der Waals surface area contributed by atoms with E-state index in [9.17, 15) is 0 Å². The molecule has 18 heavy (non-hydrogen) atoms. The second-order valence-electron chi connectivity index (χ2n) is 4.50. The SMILES string of the molecule is Nc1ccccc1Sc1nnc2n1CCCCC2. The number of para-hydroxylation sites is 1. The summed E-state index contributed by atoms with van der Waals surface area (Å²) in [5.41, 5.74) is 6.77. The lowest BCUT2D eigenvalue weighted by Crippen LogP contribution is -2.02. The van der Waals surface area contributed by atoms with Crippen molar-refractivity contribution in [3.63, 3.8) is 0 Å². The molecule has 2 N–H and O–H groups in total. The van der Waals surface area contributed by atoms with Crippen molar-refractivity contribution in [3.8, 4) is 0 Å². The second-order valence-corrected chi connectivity index (χ2v) is 5.51. The lowest BCUT2D eigenvalue weighted by atomic mass is 10.2. The Kier molecular flexibility index (Phi) is 3.23. The quantitative estimate of drug-likeness (QED) is 0.844. The predicted molar refractivity (Wildman–Crippen MR) is 72.6 cm³/mol. The lowest BCUT2D eigenvalue weighted by molar-refractivity contribution is 0.591. The van der Waals surface area contributed by atoms with Gasteiger partial charge in [-0.1, -0.05) is 18.6 Å².